The Morgan fingerprint density at radius 2 is 1.45 bits per heavy atom. The van der Waals surface area contributed by atoms with Crippen LogP contribution in [-0.2, 0) is 15.1 Å². The zero-order chi connectivity index (χ0) is 31.3. The first kappa shape index (κ1) is 30.0. The molecule has 1 atom stereocenters. The molecule has 1 amide bonds. The molecular weight excluding hydrogens is 570 g/mol. The Labute approximate surface area is 252 Å². The topological polar surface area (TPSA) is 95.5 Å². The van der Waals surface area contributed by atoms with E-state index in [2.05, 4.69) is 10.3 Å². The SMILES string of the molecule is COC(=O)c1cc(NC(=O)C2(c3ccc(OC)c(OC)c3)C=CC=N2)ccc1OC(c1cccc(F)c1)c1cccc(F)c1. The number of carbonyl (C=O) groups excluding carboxylic acids is 2. The molecule has 4 aromatic rings. The van der Waals surface area contributed by atoms with Crippen LogP contribution in [0.3, 0.4) is 0 Å². The van der Waals surface area contributed by atoms with Crippen LogP contribution in [0.1, 0.15) is 33.2 Å². The number of anilines is 1. The first-order valence-electron chi connectivity index (χ1n) is 13.4. The maximum atomic E-state index is 14.2. The summed E-state index contributed by atoms with van der Waals surface area (Å²) in [6.45, 7) is 0. The smallest absolute Gasteiger partial charge is 0.341 e. The number of nitrogens with one attached hydrogen (secondary N) is 1. The van der Waals surface area contributed by atoms with Gasteiger partial charge in [0.15, 0.2) is 17.0 Å². The highest BCUT2D eigenvalue weighted by Gasteiger charge is 2.39. The van der Waals surface area contributed by atoms with Gasteiger partial charge in [-0.15, -0.1) is 0 Å². The molecule has 1 unspecified atom stereocenters. The van der Waals surface area contributed by atoms with Gasteiger partial charge in [-0.3, -0.25) is 9.79 Å². The molecular formula is C34H28F2N2O6. The first-order chi connectivity index (χ1) is 21.3. The molecule has 0 aromatic heterocycles. The van der Waals surface area contributed by atoms with Crippen molar-refractivity contribution in [1.29, 1.82) is 0 Å². The van der Waals surface area contributed by atoms with E-state index in [1.807, 2.05) is 0 Å². The lowest BCUT2D eigenvalue weighted by molar-refractivity contribution is -0.119. The van der Waals surface area contributed by atoms with Gasteiger partial charge in [0.25, 0.3) is 5.91 Å². The molecule has 1 aliphatic heterocycles. The van der Waals surface area contributed by atoms with Crippen molar-refractivity contribution in [3.8, 4) is 17.2 Å². The molecule has 1 aliphatic rings. The summed E-state index contributed by atoms with van der Waals surface area (Å²) in [4.78, 5) is 31.1. The molecule has 0 spiro atoms. The molecule has 224 valence electrons. The van der Waals surface area contributed by atoms with Crippen molar-refractivity contribution in [1.82, 2.24) is 0 Å². The standard InChI is InChI=1S/C34H28F2N2O6/c1-41-29-13-11-23(19-30(29)42-2)34(15-6-16-37-34)33(40)38-26-12-14-28(27(20-26)32(39)43-3)44-31(21-7-4-9-24(35)17-21)22-8-5-10-25(36)18-22/h4-20,31H,1-3H3,(H,38,40). The summed E-state index contributed by atoms with van der Waals surface area (Å²) in [5.41, 5.74) is 0.136. The summed E-state index contributed by atoms with van der Waals surface area (Å²) in [5, 5.41) is 2.83. The Morgan fingerprint density at radius 3 is 2.02 bits per heavy atom. The van der Waals surface area contributed by atoms with Crippen LogP contribution >= 0.6 is 0 Å². The fourth-order valence-corrected chi connectivity index (χ4v) is 4.90. The predicted molar refractivity (Wildman–Crippen MR) is 161 cm³/mol. The zero-order valence-corrected chi connectivity index (χ0v) is 24.0. The average molecular weight is 599 g/mol. The fraction of sp³-hybridized carbons (Fsp3) is 0.147. The van der Waals surface area contributed by atoms with Crippen LogP contribution in [0.4, 0.5) is 14.5 Å². The normalized spacial score (nSPS) is 15.2. The number of benzene rings is 4. The zero-order valence-electron chi connectivity index (χ0n) is 24.0. The van der Waals surface area contributed by atoms with Crippen molar-refractivity contribution >= 4 is 23.8 Å². The highest BCUT2D eigenvalue weighted by atomic mass is 19.1. The van der Waals surface area contributed by atoms with Gasteiger partial charge in [0.1, 0.15) is 29.1 Å². The largest absolute Gasteiger partial charge is 0.493 e. The molecule has 0 fully saturated rings. The fourth-order valence-electron chi connectivity index (χ4n) is 4.90. The molecule has 5 rings (SSSR count). The van der Waals surface area contributed by atoms with Crippen molar-refractivity contribution in [2.75, 3.05) is 26.6 Å². The second-order valence-electron chi connectivity index (χ2n) is 9.74. The van der Waals surface area contributed by atoms with Crippen molar-refractivity contribution in [2.24, 2.45) is 4.99 Å². The summed E-state index contributed by atoms with van der Waals surface area (Å²) in [7, 11) is 4.21. The quantitative estimate of drug-likeness (QED) is 0.212. The summed E-state index contributed by atoms with van der Waals surface area (Å²) in [6.07, 6.45) is 3.85. The Hall–Kier alpha value is -5.51. The van der Waals surface area contributed by atoms with Crippen LogP contribution in [0.5, 0.6) is 17.2 Å². The molecule has 0 bridgehead atoms. The number of carbonyl (C=O) groups is 2. The maximum absolute atomic E-state index is 14.2. The van der Waals surface area contributed by atoms with Crippen LogP contribution in [-0.4, -0.2) is 39.4 Å². The third-order valence-corrected chi connectivity index (χ3v) is 7.06. The average Bonchev–Trinajstić information content (AvgIpc) is 3.55. The molecule has 0 radical (unpaired) electrons. The number of allylic oxidation sites excluding steroid dienone is 1. The highest BCUT2D eigenvalue weighted by Crippen LogP contribution is 2.38. The van der Waals surface area contributed by atoms with Crippen molar-refractivity contribution in [3.63, 3.8) is 0 Å². The van der Waals surface area contributed by atoms with E-state index in [9.17, 15) is 18.4 Å². The van der Waals surface area contributed by atoms with Gasteiger partial charge in [0.05, 0.1) is 21.3 Å². The molecule has 8 nitrogen and oxygen atoms in total. The third-order valence-electron chi connectivity index (χ3n) is 7.06. The molecule has 4 aromatic carbocycles. The number of amides is 1. The molecule has 0 saturated heterocycles. The maximum Gasteiger partial charge on any atom is 0.341 e. The van der Waals surface area contributed by atoms with Gasteiger partial charge in [-0.2, -0.15) is 0 Å². The van der Waals surface area contributed by atoms with E-state index >= 15 is 0 Å². The van der Waals surface area contributed by atoms with Crippen LogP contribution in [0, 0.1) is 11.6 Å². The van der Waals surface area contributed by atoms with E-state index in [4.69, 9.17) is 18.9 Å². The lowest BCUT2D eigenvalue weighted by atomic mass is 9.89. The molecule has 0 aliphatic carbocycles. The summed E-state index contributed by atoms with van der Waals surface area (Å²) in [6, 6.07) is 20.9. The van der Waals surface area contributed by atoms with E-state index < -0.39 is 35.2 Å². The minimum atomic E-state index is -1.42. The predicted octanol–water partition coefficient (Wildman–Crippen LogP) is 6.41. The van der Waals surface area contributed by atoms with Crippen LogP contribution < -0.4 is 19.5 Å². The van der Waals surface area contributed by atoms with E-state index in [-0.39, 0.29) is 17.0 Å². The van der Waals surface area contributed by atoms with Crippen LogP contribution in [0.15, 0.2) is 102 Å². The Balaban J connectivity index is 1.50. The van der Waals surface area contributed by atoms with Crippen LogP contribution in [0.2, 0.25) is 0 Å². The summed E-state index contributed by atoms with van der Waals surface area (Å²) in [5.74, 6) is -1.28. The monoisotopic (exact) mass is 598 g/mol. The highest BCUT2D eigenvalue weighted by molar-refractivity contribution is 6.04. The lowest BCUT2D eigenvalue weighted by Crippen LogP contribution is -2.36. The second kappa shape index (κ2) is 12.8. The molecule has 10 heteroatoms. The number of halogens is 2. The van der Waals surface area contributed by atoms with Gasteiger partial charge in [-0.05, 0) is 83.4 Å². The van der Waals surface area contributed by atoms with E-state index in [1.165, 1.54) is 76.1 Å². The minimum absolute atomic E-state index is 0.0197. The summed E-state index contributed by atoms with van der Waals surface area (Å²) < 4.78 is 50.3. The second-order valence-corrected chi connectivity index (χ2v) is 9.74. The molecule has 0 saturated carbocycles. The number of ether oxygens (including phenoxy) is 4. The minimum Gasteiger partial charge on any atom is -0.493 e. The van der Waals surface area contributed by atoms with E-state index in [1.54, 1.807) is 48.6 Å². The number of rotatable bonds is 10. The van der Waals surface area contributed by atoms with Gasteiger partial charge in [-0.25, -0.2) is 13.6 Å². The third kappa shape index (κ3) is 6.00. The Morgan fingerprint density at radius 1 is 0.795 bits per heavy atom. The molecule has 1 N–H and O–H groups in total. The van der Waals surface area contributed by atoms with Gasteiger partial charge in [0.2, 0.25) is 0 Å². The van der Waals surface area contributed by atoms with Crippen LogP contribution in [0.25, 0.3) is 0 Å². The van der Waals surface area contributed by atoms with Gasteiger partial charge in [0, 0.05) is 11.9 Å². The number of nitrogens with zero attached hydrogens (tertiary/aromatic N) is 1. The van der Waals surface area contributed by atoms with Gasteiger partial charge < -0.3 is 24.3 Å². The van der Waals surface area contributed by atoms with Gasteiger partial charge in [-0.1, -0.05) is 30.3 Å². The number of esters is 1. The van der Waals surface area contributed by atoms with Crippen molar-refractivity contribution < 1.29 is 37.3 Å². The Bertz CT molecular complexity index is 1710. The lowest BCUT2D eigenvalue weighted by Gasteiger charge is -2.25. The number of hydrogen-bond donors (Lipinski definition) is 1. The molecule has 1 heterocycles. The Kier molecular flexibility index (Phi) is 8.71. The first-order valence-corrected chi connectivity index (χ1v) is 13.4. The van der Waals surface area contributed by atoms with E-state index in [0.29, 0.717) is 28.2 Å². The number of aliphatic imine (C=N–C) groups is 1. The number of hydrogen-bond acceptors (Lipinski definition) is 7. The number of methoxy groups -OCH3 is 3. The summed E-state index contributed by atoms with van der Waals surface area (Å²) >= 11 is 0. The van der Waals surface area contributed by atoms with E-state index in [0.717, 1.165) is 0 Å². The van der Waals surface area contributed by atoms with Crippen molar-refractivity contribution in [3.05, 3.63) is 131 Å². The van der Waals surface area contributed by atoms with Gasteiger partial charge >= 0.3 is 5.97 Å². The van der Waals surface area contributed by atoms with Crippen molar-refractivity contribution in [2.45, 2.75) is 11.6 Å². The molecule has 44 heavy (non-hydrogen) atoms.